The van der Waals surface area contributed by atoms with Crippen LogP contribution in [0.2, 0.25) is 5.15 Å². The molecule has 0 saturated heterocycles. The first kappa shape index (κ1) is 11.0. The standard InChI is InChI=1S/C12H10ClFN2/c1-7-5-9(14)3-4-10(7)11-6-12(13)16-8(2)15-11/h3-6H,1-2H3. The van der Waals surface area contributed by atoms with Crippen LogP contribution < -0.4 is 0 Å². The Hall–Kier alpha value is -1.48. The van der Waals surface area contributed by atoms with Gasteiger partial charge in [0.15, 0.2) is 0 Å². The fourth-order valence-corrected chi connectivity index (χ4v) is 1.81. The number of hydrogen-bond acceptors (Lipinski definition) is 2. The summed E-state index contributed by atoms with van der Waals surface area (Å²) in [6, 6.07) is 6.26. The van der Waals surface area contributed by atoms with Gasteiger partial charge in [-0.3, -0.25) is 0 Å². The molecular weight excluding hydrogens is 227 g/mol. The molecule has 0 saturated carbocycles. The van der Waals surface area contributed by atoms with Crippen LogP contribution in [0, 0.1) is 19.7 Å². The number of rotatable bonds is 1. The number of aryl methyl sites for hydroxylation is 2. The molecule has 0 fully saturated rings. The van der Waals surface area contributed by atoms with Gasteiger partial charge in [-0.2, -0.15) is 0 Å². The monoisotopic (exact) mass is 236 g/mol. The van der Waals surface area contributed by atoms with E-state index in [1.807, 2.05) is 6.92 Å². The first-order chi connectivity index (χ1) is 7.56. The van der Waals surface area contributed by atoms with Gasteiger partial charge < -0.3 is 0 Å². The number of aromatic nitrogens is 2. The molecule has 0 N–H and O–H groups in total. The molecule has 0 radical (unpaired) electrons. The van der Waals surface area contributed by atoms with Crippen molar-refractivity contribution in [1.82, 2.24) is 9.97 Å². The van der Waals surface area contributed by atoms with Crippen LogP contribution in [0.4, 0.5) is 4.39 Å². The van der Waals surface area contributed by atoms with Crippen molar-refractivity contribution in [3.63, 3.8) is 0 Å². The first-order valence-electron chi connectivity index (χ1n) is 4.84. The molecule has 82 valence electrons. The molecule has 2 nitrogen and oxygen atoms in total. The molecule has 1 heterocycles. The van der Waals surface area contributed by atoms with Gasteiger partial charge in [0.05, 0.1) is 5.69 Å². The van der Waals surface area contributed by atoms with Crippen molar-refractivity contribution in [2.24, 2.45) is 0 Å². The van der Waals surface area contributed by atoms with E-state index in [1.54, 1.807) is 19.1 Å². The van der Waals surface area contributed by atoms with Crippen LogP contribution in [-0.2, 0) is 0 Å². The van der Waals surface area contributed by atoms with Crippen molar-refractivity contribution in [3.05, 3.63) is 46.6 Å². The second-order valence-electron chi connectivity index (χ2n) is 3.58. The van der Waals surface area contributed by atoms with E-state index in [0.717, 1.165) is 16.8 Å². The maximum Gasteiger partial charge on any atom is 0.133 e. The van der Waals surface area contributed by atoms with E-state index in [0.29, 0.717) is 11.0 Å². The second kappa shape index (κ2) is 4.18. The van der Waals surface area contributed by atoms with Crippen LogP contribution in [0.3, 0.4) is 0 Å². The third-order valence-corrected chi connectivity index (χ3v) is 2.46. The fraction of sp³-hybridized carbons (Fsp3) is 0.167. The van der Waals surface area contributed by atoms with E-state index in [4.69, 9.17) is 11.6 Å². The summed E-state index contributed by atoms with van der Waals surface area (Å²) < 4.78 is 13.0. The first-order valence-corrected chi connectivity index (χ1v) is 5.22. The Labute approximate surface area is 98.1 Å². The number of halogens is 2. The van der Waals surface area contributed by atoms with Crippen LogP contribution >= 0.6 is 11.6 Å². The van der Waals surface area contributed by atoms with Crippen molar-refractivity contribution in [3.8, 4) is 11.3 Å². The fourth-order valence-electron chi connectivity index (χ4n) is 1.58. The SMILES string of the molecule is Cc1nc(Cl)cc(-c2ccc(F)cc2C)n1. The lowest BCUT2D eigenvalue weighted by Gasteiger charge is -2.06. The van der Waals surface area contributed by atoms with Gasteiger partial charge in [0.2, 0.25) is 0 Å². The summed E-state index contributed by atoms with van der Waals surface area (Å²) in [6.07, 6.45) is 0. The largest absolute Gasteiger partial charge is 0.233 e. The zero-order valence-corrected chi connectivity index (χ0v) is 9.72. The highest BCUT2D eigenvalue weighted by Crippen LogP contribution is 2.23. The summed E-state index contributed by atoms with van der Waals surface area (Å²) in [4.78, 5) is 8.26. The van der Waals surface area contributed by atoms with Gasteiger partial charge in [-0.1, -0.05) is 11.6 Å². The van der Waals surface area contributed by atoms with Crippen LogP contribution in [0.15, 0.2) is 24.3 Å². The molecule has 0 amide bonds. The third kappa shape index (κ3) is 2.19. The zero-order chi connectivity index (χ0) is 11.7. The molecular formula is C12H10ClFN2. The van der Waals surface area contributed by atoms with E-state index in [9.17, 15) is 4.39 Å². The number of benzene rings is 1. The van der Waals surface area contributed by atoms with Gasteiger partial charge in [-0.25, -0.2) is 14.4 Å². The van der Waals surface area contributed by atoms with Gasteiger partial charge in [-0.05, 0) is 37.6 Å². The van der Waals surface area contributed by atoms with Gasteiger partial charge in [-0.15, -0.1) is 0 Å². The molecule has 2 aromatic rings. The molecule has 0 atom stereocenters. The van der Waals surface area contributed by atoms with Gasteiger partial charge in [0.25, 0.3) is 0 Å². The normalized spacial score (nSPS) is 10.5. The lowest BCUT2D eigenvalue weighted by Crippen LogP contribution is -1.93. The van der Waals surface area contributed by atoms with E-state index < -0.39 is 0 Å². The molecule has 0 bridgehead atoms. The van der Waals surface area contributed by atoms with Crippen molar-refractivity contribution in [1.29, 1.82) is 0 Å². The Kier molecular flexibility index (Phi) is 2.88. The molecule has 1 aromatic carbocycles. The van der Waals surface area contributed by atoms with Crippen molar-refractivity contribution >= 4 is 11.6 Å². The molecule has 0 aliphatic rings. The minimum Gasteiger partial charge on any atom is -0.233 e. The van der Waals surface area contributed by atoms with Crippen molar-refractivity contribution < 1.29 is 4.39 Å². The molecule has 16 heavy (non-hydrogen) atoms. The van der Waals surface area contributed by atoms with Crippen molar-refractivity contribution in [2.75, 3.05) is 0 Å². The maximum atomic E-state index is 13.0. The lowest BCUT2D eigenvalue weighted by atomic mass is 10.1. The number of hydrogen-bond donors (Lipinski definition) is 0. The average Bonchev–Trinajstić information content (AvgIpc) is 2.15. The Morgan fingerprint density at radius 1 is 1.12 bits per heavy atom. The predicted molar refractivity (Wildman–Crippen MR) is 61.9 cm³/mol. The lowest BCUT2D eigenvalue weighted by molar-refractivity contribution is 0.627. The molecule has 2 rings (SSSR count). The summed E-state index contributed by atoms with van der Waals surface area (Å²) in [6.45, 7) is 3.61. The molecule has 4 heteroatoms. The van der Waals surface area contributed by atoms with Crippen LogP contribution in [0.5, 0.6) is 0 Å². The number of nitrogens with zero attached hydrogens (tertiary/aromatic N) is 2. The molecule has 0 aliphatic carbocycles. The second-order valence-corrected chi connectivity index (χ2v) is 3.97. The summed E-state index contributed by atoms with van der Waals surface area (Å²) in [5, 5.41) is 0.395. The Bertz CT molecular complexity index is 520. The minimum absolute atomic E-state index is 0.252. The topological polar surface area (TPSA) is 25.8 Å². The summed E-state index contributed by atoms with van der Waals surface area (Å²) in [7, 11) is 0. The van der Waals surface area contributed by atoms with Crippen LogP contribution in [0.1, 0.15) is 11.4 Å². The zero-order valence-electron chi connectivity index (χ0n) is 8.96. The smallest absolute Gasteiger partial charge is 0.133 e. The molecule has 1 aromatic heterocycles. The molecule has 0 spiro atoms. The average molecular weight is 237 g/mol. The van der Waals surface area contributed by atoms with E-state index in [2.05, 4.69) is 9.97 Å². The Balaban J connectivity index is 2.58. The quantitative estimate of drug-likeness (QED) is 0.708. The minimum atomic E-state index is -0.252. The van der Waals surface area contributed by atoms with Crippen molar-refractivity contribution in [2.45, 2.75) is 13.8 Å². The maximum absolute atomic E-state index is 13.0. The van der Waals surface area contributed by atoms with E-state index in [1.165, 1.54) is 12.1 Å². The van der Waals surface area contributed by atoms with Crippen LogP contribution in [-0.4, -0.2) is 9.97 Å². The predicted octanol–water partition coefficient (Wildman–Crippen LogP) is 3.55. The van der Waals surface area contributed by atoms with Crippen LogP contribution in [0.25, 0.3) is 11.3 Å². The highest BCUT2D eigenvalue weighted by molar-refractivity contribution is 6.29. The summed E-state index contributed by atoms with van der Waals surface area (Å²) >= 11 is 5.86. The van der Waals surface area contributed by atoms with Gasteiger partial charge in [0, 0.05) is 11.6 Å². The third-order valence-electron chi connectivity index (χ3n) is 2.27. The van der Waals surface area contributed by atoms with Gasteiger partial charge in [0.1, 0.15) is 16.8 Å². The van der Waals surface area contributed by atoms with Gasteiger partial charge >= 0.3 is 0 Å². The van der Waals surface area contributed by atoms with E-state index >= 15 is 0 Å². The summed E-state index contributed by atoms with van der Waals surface area (Å²) in [5.41, 5.74) is 2.41. The molecule has 0 aliphatic heterocycles. The Morgan fingerprint density at radius 3 is 2.50 bits per heavy atom. The highest BCUT2D eigenvalue weighted by atomic mass is 35.5. The Morgan fingerprint density at radius 2 is 1.88 bits per heavy atom. The summed E-state index contributed by atoms with van der Waals surface area (Å²) in [5.74, 6) is 0.351. The highest BCUT2D eigenvalue weighted by Gasteiger charge is 2.06. The van der Waals surface area contributed by atoms with E-state index in [-0.39, 0.29) is 5.82 Å². The molecule has 0 unspecified atom stereocenters.